The van der Waals surface area contributed by atoms with Crippen molar-refractivity contribution in [3.05, 3.63) is 0 Å². The van der Waals surface area contributed by atoms with E-state index in [0.29, 0.717) is 6.61 Å². The zero-order valence-electron chi connectivity index (χ0n) is 8.87. The van der Waals surface area contributed by atoms with Crippen LogP contribution in [0.2, 0.25) is 0 Å². The fourth-order valence-corrected chi connectivity index (χ4v) is 0.919. The van der Waals surface area contributed by atoms with E-state index in [-0.39, 0.29) is 18.4 Å². The van der Waals surface area contributed by atoms with Gasteiger partial charge in [-0.1, -0.05) is 0 Å². The van der Waals surface area contributed by atoms with Crippen molar-refractivity contribution < 1.29 is 14.3 Å². The van der Waals surface area contributed by atoms with Gasteiger partial charge in [-0.15, -0.1) is 0 Å². The lowest BCUT2D eigenvalue weighted by Gasteiger charge is -2.13. The number of esters is 1. The highest BCUT2D eigenvalue weighted by molar-refractivity contribution is 5.84. The Morgan fingerprint density at radius 3 is 2.43 bits per heavy atom. The van der Waals surface area contributed by atoms with Crippen LogP contribution in [0, 0.1) is 0 Å². The molecule has 0 aromatic heterocycles. The van der Waals surface area contributed by atoms with Gasteiger partial charge in [-0.3, -0.25) is 4.79 Å². The summed E-state index contributed by atoms with van der Waals surface area (Å²) in [5, 5.41) is 2.50. The van der Waals surface area contributed by atoms with Crippen LogP contribution in [0.25, 0.3) is 0 Å². The van der Waals surface area contributed by atoms with Gasteiger partial charge in [0.25, 0.3) is 0 Å². The van der Waals surface area contributed by atoms with Crippen LogP contribution in [0.15, 0.2) is 0 Å². The van der Waals surface area contributed by atoms with Crippen molar-refractivity contribution in [2.24, 2.45) is 5.73 Å². The van der Waals surface area contributed by atoms with Gasteiger partial charge in [0.1, 0.15) is 6.04 Å². The topological polar surface area (TPSA) is 81.4 Å². The van der Waals surface area contributed by atoms with E-state index >= 15 is 0 Å². The van der Waals surface area contributed by atoms with E-state index in [1.807, 2.05) is 0 Å². The van der Waals surface area contributed by atoms with Gasteiger partial charge in [-0.05, 0) is 20.8 Å². The number of carbonyl (C=O) groups is 2. The van der Waals surface area contributed by atoms with Crippen LogP contribution in [0.1, 0.15) is 27.2 Å². The monoisotopic (exact) mass is 202 g/mol. The molecule has 0 spiro atoms. The van der Waals surface area contributed by atoms with Gasteiger partial charge in [-0.2, -0.15) is 0 Å². The first-order valence-electron chi connectivity index (χ1n) is 4.69. The number of nitrogens with two attached hydrogens (primary N) is 1. The van der Waals surface area contributed by atoms with Gasteiger partial charge in [0.05, 0.1) is 6.61 Å². The van der Waals surface area contributed by atoms with E-state index < -0.39 is 12.0 Å². The third kappa shape index (κ3) is 5.53. The molecule has 0 saturated heterocycles. The highest BCUT2D eigenvalue weighted by Crippen LogP contribution is 1.91. The summed E-state index contributed by atoms with van der Waals surface area (Å²) in [4.78, 5) is 22.3. The fourth-order valence-electron chi connectivity index (χ4n) is 0.919. The molecule has 0 aromatic carbocycles. The fraction of sp³-hybridized carbons (Fsp3) is 0.778. The Bertz CT molecular complexity index is 204. The summed E-state index contributed by atoms with van der Waals surface area (Å²) >= 11 is 0. The molecule has 0 aromatic rings. The van der Waals surface area contributed by atoms with Gasteiger partial charge in [-0.25, -0.2) is 4.79 Å². The Hall–Kier alpha value is -1.10. The molecule has 1 amide bonds. The van der Waals surface area contributed by atoms with Crippen molar-refractivity contribution in [1.29, 1.82) is 0 Å². The summed E-state index contributed by atoms with van der Waals surface area (Å²) in [6, 6.07) is -0.814. The Labute approximate surface area is 84.0 Å². The smallest absolute Gasteiger partial charge is 0.328 e. The number of ether oxygens (including phenoxy) is 1. The van der Waals surface area contributed by atoms with Crippen LogP contribution < -0.4 is 11.1 Å². The van der Waals surface area contributed by atoms with Crippen molar-refractivity contribution in [1.82, 2.24) is 5.32 Å². The third-order valence-electron chi connectivity index (χ3n) is 1.53. The lowest BCUT2D eigenvalue weighted by Crippen LogP contribution is -2.41. The number of carbonyl (C=O) groups excluding carboxylic acids is 2. The second-order valence-electron chi connectivity index (χ2n) is 3.22. The van der Waals surface area contributed by atoms with Gasteiger partial charge in [0.2, 0.25) is 5.91 Å². The molecule has 14 heavy (non-hydrogen) atoms. The molecular formula is C9H18N2O3. The summed E-state index contributed by atoms with van der Waals surface area (Å²) in [7, 11) is 0. The van der Waals surface area contributed by atoms with E-state index in [2.05, 4.69) is 5.32 Å². The molecule has 2 atom stereocenters. The molecule has 0 aliphatic heterocycles. The lowest BCUT2D eigenvalue weighted by atomic mass is 10.2. The minimum absolute atomic E-state index is 0.204. The average Bonchev–Trinajstić information content (AvgIpc) is 2.02. The number of rotatable bonds is 5. The van der Waals surface area contributed by atoms with Gasteiger partial charge in [0, 0.05) is 12.5 Å². The van der Waals surface area contributed by atoms with E-state index in [1.165, 1.54) is 0 Å². The minimum atomic E-state index is -0.610. The molecule has 2 unspecified atom stereocenters. The lowest BCUT2D eigenvalue weighted by molar-refractivity contribution is -0.146. The largest absolute Gasteiger partial charge is 0.464 e. The quantitative estimate of drug-likeness (QED) is 0.604. The predicted octanol–water partition coefficient (Wildman–Crippen LogP) is -0.208. The maximum atomic E-state index is 11.2. The predicted molar refractivity (Wildman–Crippen MR) is 52.5 cm³/mol. The van der Waals surface area contributed by atoms with Crippen molar-refractivity contribution in [3.63, 3.8) is 0 Å². The van der Waals surface area contributed by atoms with E-state index in [9.17, 15) is 9.59 Å². The summed E-state index contributed by atoms with van der Waals surface area (Å²) < 4.78 is 4.72. The highest BCUT2D eigenvalue weighted by atomic mass is 16.5. The SMILES string of the molecule is CCOC(=O)C(C)NC(=O)CC(C)N. The first-order chi connectivity index (χ1) is 6.47. The number of hydrogen-bond donors (Lipinski definition) is 2. The van der Waals surface area contributed by atoms with Crippen LogP contribution in [-0.4, -0.2) is 30.6 Å². The Morgan fingerprint density at radius 1 is 1.43 bits per heavy atom. The summed E-state index contributed by atoms with van der Waals surface area (Å²) in [6.45, 7) is 5.34. The van der Waals surface area contributed by atoms with Gasteiger partial charge < -0.3 is 15.8 Å². The third-order valence-corrected chi connectivity index (χ3v) is 1.53. The molecule has 0 aliphatic rings. The molecule has 82 valence electrons. The van der Waals surface area contributed by atoms with Crippen molar-refractivity contribution in [2.45, 2.75) is 39.3 Å². The molecule has 0 heterocycles. The van der Waals surface area contributed by atoms with E-state index in [1.54, 1.807) is 20.8 Å². The molecular weight excluding hydrogens is 184 g/mol. The average molecular weight is 202 g/mol. The highest BCUT2D eigenvalue weighted by Gasteiger charge is 2.16. The van der Waals surface area contributed by atoms with Crippen LogP contribution >= 0.6 is 0 Å². The van der Waals surface area contributed by atoms with Crippen LogP contribution in [-0.2, 0) is 14.3 Å². The molecule has 5 heteroatoms. The van der Waals surface area contributed by atoms with Gasteiger partial charge in [0.15, 0.2) is 0 Å². The van der Waals surface area contributed by atoms with Crippen LogP contribution in [0.4, 0.5) is 0 Å². The number of nitrogens with one attached hydrogen (secondary N) is 1. The minimum Gasteiger partial charge on any atom is -0.464 e. The Morgan fingerprint density at radius 2 is 2.00 bits per heavy atom. The summed E-state index contributed by atoms with van der Waals surface area (Å²) in [6.07, 6.45) is 0.212. The molecule has 0 saturated carbocycles. The number of hydrogen-bond acceptors (Lipinski definition) is 4. The zero-order valence-corrected chi connectivity index (χ0v) is 8.87. The van der Waals surface area contributed by atoms with Crippen LogP contribution in [0.5, 0.6) is 0 Å². The molecule has 0 fully saturated rings. The second kappa shape index (κ2) is 6.37. The van der Waals surface area contributed by atoms with E-state index in [4.69, 9.17) is 10.5 Å². The van der Waals surface area contributed by atoms with Crippen LogP contribution in [0.3, 0.4) is 0 Å². The Kier molecular flexibility index (Phi) is 5.87. The first kappa shape index (κ1) is 12.9. The second-order valence-corrected chi connectivity index (χ2v) is 3.22. The van der Waals surface area contributed by atoms with E-state index in [0.717, 1.165) is 0 Å². The maximum Gasteiger partial charge on any atom is 0.328 e. The molecule has 0 aliphatic carbocycles. The molecule has 3 N–H and O–H groups in total. The summed E-state index contributed by atoms with van der Waals surface area (Å²) in [5.41, 5.74) is 5.43. The normalized spacial score (nSPS) is 14.3. The summed E-state index contributed by atoms with van der Waals surface area (Å²) in [5.74, 6) is -0.661. The molecule has 0 bridgehead atoms. The Balaban J connectivity index is 3.87. The van der Waals surface area contributed by atoms with Crippen molar-refractivity contribution in [2.75, 3.05) is 6.61 Å². The standard InChI is InChI=1S/C9H18N2O3/c1-4-14-9(13)7(3)11-8(12)5-6(2)10/h6-7H,4-5,10H2,1-3H3,(H,11,12). The molecule has 0 rings (SSSR count). The first-order valence-corrected chi connectivity index (χ1v) is 4.69. The van der Waals surface area contributed by atoms with Crippen molar-refractivity contribution in [3.8, 4) is 0 Å². The zero-order chi connectivity index (χ0) is 11.1. The number of amides is 1. The molecule has 0 radical (unpaired) electrons. The van der Waals surface area contributed by atoms with Crippen molar-refractivity contribution >= 4 is 11.9 Å². The maximum absolute atomic E-state index is 11.2. The van der Waals surface area contributed by atoms with Gasteiger partial charge >= 0.3 is 5.97 Å². The molecule has 5 nitrogen and oxygen atoms in total.